The largest absolute Gasteiger partial charge is 0.476 e. The monoisotopic (exact) mass is 436 g/mol. The zero-order chi connectivity index (χ0) is 22.2. The maximum absolute atomic E-state index is 13.3. The third-order valence-corrected chi connectivity index (χ3v) is 5.90. The molecule has 10 nitrogen and oxygen atoms in total. The van der Waals surface area contributed by atoms with Crippen molar-refractivity contribution in [1.82, 2.24) is 25.1 Å². The molecular weight excluding hydrogens is 408 g/mol. The molecule has 10 heteroatoms. The van der Waals surface area contributed by atoms with Gasteiger partial charge in [-0.15, -0.1) is 0 Å². The van der Waals surface area contributed by atoms with E-state index in [0.29, 0.717) is 36.4 Å². The molecule has 0 aliphatic carbocycles. The van der Waals surface area contributed by atoms with Gasteiger partial charge in [0.15, 0.2) is 5.65 Å². The number of aromatic nitrogens is 4. The van der Waals surface area contributed by atoms with Gasteiger partial charge in [-0.05, 0) is 32.4 Å². The van der Waals surface area contributed by atoms with E-state index in [9.17, 15) is 4.79 Å². The van der Waals surface area contributed by atoms with Crippen molar-refractivity contribution in [2.24, 2.45) is 7.05 Å². The minimum Gasteiger partial charge on any atom is -0.476 e. The molecule has 0 spiro atoms. The first-order chi connectivity index (χ1) is 15.5. The van der Waals surface area contributed by atoms with E-state index in [1.165, 1.54) is 5.69 Å². The van der Waals surface area contributed by atoms with Crippen molar-refractivity contribution in [3.05, 3.63) is 30.1 Å². The lowest BCUT2D eigenvalue weighted by atomic mass is 10.1. The van der Waals surface area contributed by atoms with Gasteiger partial charge in [-0.3, -0.25) is 9.58 Å². The summed E-state index contributed by atoms with van der Waals surface area (Å²) in [6, 6.07) is 4.10. The van der Waals surface area contributed by atoms with E-state index in [2.05, 4.69) is 43.6 Å². The number of urea groups is 1. The quantitative estimate of drug-likeness (QED) is 0.646. The summed E-state index contributed by atoms with van der Waals surface area (Å²) in [4.78, 5) is 26.4. The normalized spacial score (nSPS) is 18.2. The van der Waals surface area contributed by atoms with E-state index in [1.807, 2.05) is 26.2 Å². The molecule has 168 valence electrons. The van der Waals surface area contributed by atoms with Crippen molar-refractivity contribution < 1.29 is 9.53 Å². The maximum Gasteiger partial charge on any atom is 0.327 e. The predicted octanol–water partition coefficient (Wildman–Crippen LogP) is 2.15. The molecule has 2 N–H and O–H groups in total. The highest BCUT2D eigenvalue weighted by atomic mass is 16.5. The van der Waals surface area contributed by atoms with Gasteiger partial charge in [-0.25, -0.2) is 9.78 Å². The summed E-state index contributed by atoms with van der Waals surface area (Å²) in [5, 5.41) is 11.6. The second-order valence-electron chi connectivity index (χ2n) is 8.25. The predicted molar refractivity (Wildman–Crippen MR) is 124 cm³/mol. The number of amides is 2. The van der Waals surface area contributed by atoms with E-state index in [-0.39, 0.29) is 6.03 Å². The van der Waals surface area contributed by atoms with Crippen LogP contribution in [0.2, 0.25) is 0 Å². The minimum absolute atomic E-state index is 0.243. The van der Waals surface area contributed by atoms with Crippen molar-refractivity contribution >= 4 is 34.3 Å². The Morgan fingerprint density at radius 3 is 3.06 bits per heavy atom. The number of nitrogens with zero attached hydrogens (tertiary/aromatic N) is 6. The third kappa shape index (κ3) is 3.70. The number of fused-ring (bicyclic) bond motifs is 2. The van der Waals surface area contributed by atoms with Gasteiger partial charge in [0, 0.05) is 68.3 Å². The number of pyridine rings is 2. The average Bonchev–Trinajstić information content (AvgIpc) is 3.36. The Hall–Kier alpha value is -3.40. The second kappa shape index (κ2) is 8.27. The van der Waals surface area contributed by atoms with Gasteiger partial charge in [0.05, 0.1) is 6.61 Å². The average molecular weight is 437 g/mol. The molecule has 0 aromatic carbocycles. The third-order valence-electron chi connectivity index (χ3n) is 5.90. The number of nitrogens with one attached hydrogen (secondary N) is 2. The van der Waals surface area contributed by atoms with E-state index in [4.69, 9.17) is 4.74 Å². The Morgan fingerprint density at radius 2 is 2.25 bits per heavy atom. The Bertz CT molecular complexity index is 1160. The number of anilines is 3. The smallest absolute Gasteiger partial charge is 0.327 e. The van der Waals surface area contributed by atoms with Crippen LogP contribution < -0.4 is 25.2 Å². The molecule has 2 aliphatic heterocycles. The van der Waals surface area contributed by atoms with Crippen LogP contribution in [0.5, 0.6) is 5.88 Å². The molecule has 1 atom stereocenters. The molecule has 0 bridgehead atoms. The molecular formula is C22H28N8O2. The topological polar surface area (TPSA) is 100 Å². The van der Waals surface area contributed by atoms with Crippen LogP contribution in [0.4, 0.5) is 22.0 Å². The highest BCUT2D eigenvalue weighted by Gasteiger charge is 2.31. The van der Waals surface area contributed by atoms with Crippen LogP contribution in [0.25, 0.3) is 11.0 Å². The molecule has 1 fully saturated rings. The zero-order valence-electron chi connectivity index (χ0n) is 18.6. The Labute approximate surface area is 186 Å². The van der Waals surface area contributed by atoms with Crippen LogP contribution in [0.3, 0.4) is 0 Å². The number of carbonyl (C=O) groups is 1. The van der Waals surface area contributed by atoms with Gasteiger partial charge in [0.1, 0.15) is 11.5 Å². The first-order valence-corrected chi connectivity index (χ1v) is 11.1. The second-order valence-corrected chi connectivity index (χ2v) is 8.25. The summed E-state index contributed by atoms with van der Waals surface area (Å²) in [5.41, 5.74) is 3.41. The number of rotatable bonds is 4. The number of ether oxygens (including phenoxy) is 1. The molecule has 5 rings (SSSR count). The van der Waals surface area contributed by atoms with Crippen LogP contribution in [0.1, 0.15) is 19.4 Å². The van der Waals surface area contributed by atoms with Gasteiger partial charge < -0.3 is 20.3 Å². The van der Waals surface area contributed by atoms with Crippen LogP contribution in [-0.4, -0.2) is 64.6 Å². The van der Waals surface area contributed by atoms with E-state index < -0.39 is 0 Å². The zero-order valence-corrected chi connectivity index (χ0v) is 18.6. The van der Waals surface area contributed by atoms with Gasteiger partial charge in [-0.1, -0.05) is 0 Å². The highest BCUT2D eigenvalue weighted by molar-refractivity contribution is 6.04. The van der Waals surface area contributed by atoms with Crippen LogP contribution in [0, 0.1) is 0 Å². The minimum atomic E-state index is -0.243. The van der Waals surface area contributed by atoms with Crippen molar-refractivity contribution in [1.29, 1.82) is 0 Å². The number of carbonyl (C=O) groups excluding carboxylic acids is 1. The fraction of sp³-hybridized carbons (Fsp3) is 0.455. The molecule has 0 unspecified atom stereocenters. The first-order valence-electron chi connectivity index (χ1n) is 11.1. The van der Waals surface area contributed by atoms with Gasteiger partial charge in [0.25, 0.3) is 0 Å². The van der Waals surface area contributed by atoms with Crippen LogP contribution in [0.15, 0.2) is 24.5 Å². The van der Waals surface area contributed by atoms with Crippen LogP contribution in [-0.2, 0) is 13.5 Å². The lowest BCUT2D eigenvalue weighted by molar-refractivity contribution is 0.257. The molecule has 2 aliphatic rings. The summed E-state index contributed by atoms with van der Waals surface area (Å²) in [7, 11) is 1.84. The fourth-order valence-electron chi connectivity index (χ4n) is 4.50. The first kappa shape index (κ1) is 20.5. The van der Waals surface area contributed by atoms with E-state index in [0.717, 1.165) is 42.8 Å². The number of hydrogen-bond acceptors (Lipinski definition) is 7. The fourth-order valence-corrected chi connectivity index (χ4v) is 4.50. The van der Waals surface area contributed by atoms with Crippen molar-refractivity contribution in [3.63, 3.8) is 0 Å². The molecule has 2 amide bonds. The van der Waals surface area contributed by atoms with Gasteiger partial charge >= 0.3 is 6.03 Å². The number of aryl methyl sites for hydroxylation is 1. The highest BCUT2D eigenvalue weighted by Crippen LogP contribution is 2.35. The Morgan fingerprint density at radius 1 is 1.38 bits per heavy atom. The van der Waals surface area contributed by atoms with E-state index >= 15 is 0 Å². The molecule has 3 aromatic rings. The lowest BCUT2D eigenvalue weighted by Crippen LogP contribution is -2.49. The summed E-state index contributed by atoms with van der Waals surface area (Å²) in [6.45, 7) is 7.94. The SMILES string of the molecule is CCOc1nc2nn(C)cc2cc1NC(=O)N1CCc2c(N3CCN[C@@H](C)C3)ccnc21. The molecule has 3 aromatic heterocycles. The Balaban J connectivity index is 1.41. The summed E-state index contributed by atoms with van der Waals surface area (Å²) < 4.78 is 7.37. The number of hydrogen-bond donors (Lipinski definition) is 2. The van der Waals surface area contributed by atoms with Crippen LogP contribution >= 0.6 is 0 Å². The molecule has 32 heavy (non-hydrogen) atoms. The standard InChI is InChI=1S/C22H28N8O2/c1-4-32-21-17(11-15-13-28(3)27-19(15)26-21)25-22(31)30-9-6-16-18(5-7-24-20(16)30)29-10-8-23-14(2)12-29/h5,7,11,13-14,23H,4,6,8-10,12H2,1-3H3,(H,25,31)/t14-/m0/s1. The van der Waals surface area contributed by atoms with E-state index in [1.54, 1.807) is 15.8 Å². The van der Waals surface area contributed by atoms with Gasteiger partial charge in [-0.2, -0.15) is 10.1 Å². The lowest BCUT2D eigenvalue weighted by Gasteiger charge is -2.34. The summed E-state index contributed by atoms with van der Waals surface area (Å²) in [5.74, 6) is 1.09. The summed E-state index contributed by atoms with van der Waals surface area (Å²) >= 11 is 0. The van der Waals surface area contributed by atoms with Crippen molar-refractivity contribution in [2.45, 2.75) is 26.3 Å². The van der Waals surface area contributed by atoms with Crippen molar-refractivity contribution in [3.8, 4) is 5.88 Å². The molecule has 5 heterocycles. The molecule has 0 saturated carbocycles. The molecule has 1 saturated heterocycles. The Kier molecular flexibility index (Phi) is 5.30. The van der Waals surface area contributed by atoms with Gasteiger partial charge in [0.2, 0.25) is 5.88 Å². The maximum atomic E-state index is 13.3. The van der Waals surface area contributed by atoms with Crippen molar-refractivity contribution in [2.75, 3.05) is 47.9 Å². The molecule has 0 radical (unpaired) electrons. The number of piperazine rings is 1. The summed E-state index contributed by atoms with van der Waals surface area (Å²) in [6.07, 6.45) is 4.44.